The maximum Gasteiger partial charge on any atom is 0.164 e. The van der Waals surface area contributed by atoms with Gasteiger partial charge in [-0.1, -0.05) is 20.8 Å². The summed E-state index contributed by atoms with van der Waals surface area (Å²) >= 11 is 0. The minimum atomic E-state index is 0.108. The highest BCUT2D eigenvalue weighted by Crippen LogP contribution is 2.32. The number of hydrogen-bond acceptors (Lipinski definition) is 3. The zero-order chi connectivity index (χ0) is 13.7. The molecule has 0 radical (unpaired) electrons. The number of benzene rings is 1. The summed E-state index contributed by atoms with van der Waals surface area (Å²) in [6.45, 7) is 6.67. The first-order valence-electron chi connectivity index (χ1n) is 6.49. The molecule has 0 saturated carbocycles. The lowest BCUT2D eigenvalue weighted by molar-refractivity contribution is 0.0985. The molecule has 0 amide bonds. The molecule has 0 aliphatic heterocycles. The fraction of sp³-hybridized carbons (Fsp3) is 0.533. The zero-order valence-corrected chi connectivity index (χ0v) is 11.7. The Kier molecular flexibility index (Phi) is 5.35. The van der Waals surface area contributed by atoms with Gasteiger partial charge in [-0.05, 0) is 42.1 Å². The number of ketones is 1. The van der Waals surface area contributed by atoms with Crippen LogP contribution in [0.15, 0.2) is 12.1 Å². The van der Waals surface area contributed by atoms with Crippen LogP contribution in [-0.4, -0.2) is 19.4 Å². The fourth-order valence-electron chi connectivity index (χ4n) is 2.09. The first-order chi connectivity index (χ1) is 8.54. The Morgan fingerprint density at radius 3 is 2.50 bits per heavy atom. The van der Waals surface area contributed by atoms with Crippen LogP contribution in [0.4, 0.5) is 0 Å². The molecule has 0 saturated heterocycles. The Balaban J connectivity index is 3.31. The monoisotopic (exact) mass is 249 g/mol. The number of carbonyl (C=O) groups excluding carboxylic acids is 1. The molecule has 3 heteroatoms. The van der Waals surface area contributed by atoms with E-state index in [4.69, 9.17) is 10.5 Å². The highest BCUT2D eigenvalue weighted by atomic mass is 16.5. The summed E-state index contributed by atoms with van der Waals surface area (Å²) < 4.78 is 5.49. The Hall–Kier alpha value is -1.35. The quantitative estimate of drug-likeness (QED) is 0.789. The second kappa shape index (κ2) is 6.55. The van der Waals surface area contributed by atoms with Gasteiger partial charge < -0.3 is 10.5 Å². The minimum absolute atomic E-state index is 0.108. The molecule has 1 rings (SSSR count). The Labute approximate surface area is 109 Å². The molecule has 2 N–H and O–H groups in total. The average Bonchev–Trinajstić information content (AvgIpc) is 2.37. The van der Waals surface area contributed by atoms with Crippen molar-refractivity contribution in [2.45, 2.75) is 39.5 Å². The predicted molar refractivity (Wildman–Crippen MR) is 74.5 cm³/mol. The minimum Gasteiger partial charge on any atom is -0.496 e. The van der Waals surface area contributed by atoms with Crippen LogP contribution in [0.25, 0.3) is 0 Å². The molecule has 3 nitrogen and oxygen atoms in total. The first-order valence-corrected chi connectivity index (χ1v) is 6.49. The normalized spacial score (nSPS) is 10.8. The fourth-order valence-corrected chi connectivity index (χ4v) is 2.09. The highest BCUT2D eigenvalue weighted by Gasteiger charge is 2.16. The van der Waals surface area contributed by atoms with Gasteiger partial charge in [0.15, 0.2) is 5.78 Å². The van der Waals surface area contributed by atoms with Crippen molar-refractivity contribution in [3.05, 3.63) is 28.8 Å². The van der Waals surface area contributed by atoms with E-state index in [0.29, 0.717) is 18.9 Å². The molecule has 0 fully saturated rings. The van der Waals surface area contributed by atoms with Crippen LogP contribution >= 0.6 is 0 Å². The van der Waals surface area contributed by atoms with Crippen molar-refractivity contribution in [2.24, 2.45) is 5.73 Å². The summed E-state index contributed by atoms with van der Waals surface area (Å²) in [4.78, 5) is 12.0. The first kappa shape index (κ1) is 14.7. The van der Waals surface area contributed by atoms with Crippen LogP contribution in [0.2, 0.25) is 0 Å². The molecule has 100 valence electrons. The van der Waals surface area contributed by atoms with Crippen molar-refractivity contribution in [3.8, 4) is 5.75 Å². The summed E-state index contributed by atoms with van der Waals surface area (Å²) in [6.07, 6.45) is 1.25. The van der Waals surface area contributed by atoms with Crippen LogP contribution in [0.5, 0.6) is 5.75 Å². The lowest BCUT2D eigenvalue weighted by Gasteiger charge is -2.17. The van der Waals surface area contributed by atoms with E-state index in [-0.39, 0.29) is 5.78 Å². The Morgan fingerprint density at radius 1 is 1.39 bits per heavy atom. The zero-order valence-electron chi connectivity index (χ0n) is 11.7. The van der Waals surface area contributed by atoms with E-state index in [9.17, 15) is 4.79 Å². The number of carbonyl (C=O) groups is 1. The maximum atomic E-state index is 12.0. The summed E-state index contributed by atoms with van der Waals surface area (Å²) in [5.41, 5.74) is 8.38. The summed E-state index contributed by atoms with van der Waals surface area (Å²) in [5.74, 6) is 1.35. The molecule has 0 aliphatic rings. The van der Waals surface area contributed by atoms with E-state index in [2.05, 4.69) is 20.8 Å². The molecule has 0 unspecified atom stereocenters. The summed E-state index contributed by atoms with van der Waals surface area (Å²) in [6, 6.07) is 3.88. The van der Waals surface area contributed by atoms with Gasteiger partial charge in [0.25, 0.3) is 0 Å². The van der Waals surface area contributed by atoms with Crippen LogP contribution in [0, 0.1) is 0 Å². The molecule has 1 aromatic carbocycles. The van der Waals surface area contributed by atoms with E-state index >= 15 is 0 Å². The molecule has 0 heterocycles. The SMILES string of the molecule is CCc1cc(C(=O)CCN)cc(C(C)C)c1OC. The van der Waals surface area contributed by atoms with E-state index in [1.165, 1.54) is 0 Å². The standard InChI is InChI=1S/C15H23NO2/c1-5-11-8-12(14(17)6-7-16)9-13(10(2)3)15(11)18-4/h8-10H,5-7,16H2,1-4H3. The van der Waals surface area contributed by atoms with Gasteiger partial charge in [0.2, 0.25) is 0 Å². The van der Waals surface area contributed by atoms with Gasteiger partial charge in [-0.2, -0.15) is 0 Å². The molecule has 0 aliphatic carbocycles. The maximum absolute atomic E-state index is 12.0. The number of aryl methyl sites for hydroxylation is 1. The molecule has 0 atom stereocenters. The van der Waals surface area contributed by atoms with Crippen molar-refractivity contribution in [1.29, 1.82) is 0 Å². The van der Waals surface area contributed by atoms with Crippen molar-refractivity contribution < 1.29 is 9.53 Å². The van der Waals surface area contributed by atoms with Crippen molar-refractivity contribution in [1.82, 2.24) is 0 Å². The third-order valence-corrected chi connectivity index (χ3v) is 3.09. The number of hydrogen-bond donors (Lipinski definition) is 1. The van der Waals surface area contributed by atoms with Gasteiger partial charge in [-0.15, -0.1) is 0 Å². The topological polar surface area (TPSA) is 52.3 Å². The van der Waals surface area contributed by atoms with Crippen molar-refractivity contribution in [2.75, 3.05) is 13.7 Å². The Bertz CT molecular complexity index is 425. The van der Waals surface area contributed by atoms with Crippen LogP contribution in [0.3, 0.4) is 0 Å². The second-order valence-electron chi connectivity index (χ2n) is 4.73. The van der Waals surface area contributed by atoms with Crippen LogP contribution in [-0.2, 0) is 6.42 Å². The van der Waals surface area contributed by atoms with E-state index in [1.807, 2.05) is 12.1 Å². The number of methoxy groups -OCH3 is 1. The van der Waals surface area contributed by atoms with E-state index in [1.54, 1.807) is 7.11 Å². The largest absolute Gasteiger partial charge is 0.496 e. The lowest BCUT2D eigenvalue weighted by Crippen LogP contribution is -2.10. The summed E-state index contributed by atoms with van der Waals surface area (Å²) in [7, 11) is 1.68. The van der Waals surface area contributed by atoms with E-state index < -0.39 is 0 Å². The number of Topliss-reactive ketones (excluding diaryl/α,β-unsaturated/α-hetero) is 1. The molecule has 0 bridgehead atoms. The number of nitrogens with two attached hydrogens (primary N) is 1. The third-order valence-electron chi connectivity index (χ3n) is 3.09. The molecule has 1 aromatic rings. The number of ether oxygens (including phenoxy) is 1. The molecule has 0 aromatic heterocycles. The second-order valence-corrected chi connectivity index (χ2v) is 4.73. The van der Waals surface area contributed by atoms with Gasteiger partial charge in [0, 0.05) is 12.0 Å². The predicted octanol–water partition coefficient (Wildman–Crippen LogP) is 2.91. The Morgan fingerprint density at radius 2 is 2.06 bits per heavy atom. The van der Waals surface area contributed by atoms with E-state index in [0.717, 1.165) is 28.9 Å². The van der Waals surface area contributed by atoms with Gasteiger partial charge in [0.1, 0.15) is 5.75 Å². The van der Waals surface area contributed by atoms with Gasteiger partial charge in [0.05, 0.1) is 7.11 Å². The molecule has 0 spiro atoms. The number of rotatable bonds is 6. The third kappa shape index (κ3) is 3.10. The molecule has 18 heavy (non-hydrogen) atoms. The van der Waals surface area contributed by atoms with Gasteiger partial charge >= 0.3 is 0 Å². The average molecular weight is 249 g/mol. The van der Waals surface area contributed by atoms with Crippen molar-refractivity contribution in [3.63, 3.8) is 0 Å². The summed E-state index contributed by atoms with van der Waals surface area (Å²) in [5, 5.41) is 0. The molecular formula is C15H23NO2. The van der Waals surface area contributed by atoms with Crippen LogP contribution < -0.4 is 10.5 Å². The lowest BCUT2D eigenvalue weighted by atomic mass is 9.93. The smallest absolute Gasteiger partial charge is 0.164 e. The highest BCUT2D eigenvalue weighted by molar-refractivity contribution is 5.96. The molecular weight excluding hydrogens is 226 g/mol. The van der Waals surface area contributed by atoms with Crippen LogP contribution in [0.1, 0.15) is 54.6 Å². The van der Waals surface area contributed by atoms with Gasteiger partial charge in [-0.25, -0.2) is 0 Å². The van der Waals surface area contributed by atoms with Crippen molar-refractivity contribution >= 4 is 5.78 Å². The van der Waals surface area contributed by atoms with Gasteiger partial charge in [-0.3, -0.25) is 4.79 Å².